The number of halogens is 4. The van der Waals surface area contributed by atoms with E-state index < -0.39 is 17.4 Å². The van der Waals surface area contributed by atoms with Crippen LogP contribution in [0.1, 0.15) is 25.1 Å². The van der Waals surface area contributed by atoms with Gasteiger partial charge in [0, 0.05) is 35.6 Å². The van der Waals surface area contributed by atoms with Crippen LogP contribution >= 0.6 is 27.7 Å². The lowest BCUT2D eigenvalue weighted by molar-refractivity contribution is -0.143. The molecule has 1 aromatic rings. The fraction of sp³-hybridized carbons (Fsp3) is 0.444. The number of hydrogen-bond acceptors (Lipinski definition) is 4. The summed E-state index contributed by atoms with van der Waals surface area (Å²) in [4.78, 5) is 19.6. The van der Waals surface area contributed by atoms with Gasteiger partial charge in [-0.15, -0.1) is 11.8 Å². The normalized spacial score (nSPS) is 16.1. The fourth-order valence-electron chi connectivity index (χ4n) is 2.90. The summed E-state index contributed by atoms with van der Waals surface area (Å²) in [6.07, 6.45) is -2.63. The molecule has 1 aliphatic heterocycles. The number of alkyl halides is 3. The molecule has 0 spiro atoms. The lowest BCUT2D eigenvalue weighted by Crippen LogP contribution is -2.28. The van der Waals surface area contributed by atoms with Gasteiger partial charge < -0.3 is 9.47 Å². The van der Waals surface area contributed by atoms with Gasteiger partial charge in [-0.3, -0.25) is 9.79 Å². The number of aliphatic imine (C=N–C) groups is 1. The van der Waals surface area contributed by atoms with Crippen LogP contribution in [0.2, 0.25) is 0 Å². The van der Waals surface area contributed by atoms with Crippen LogP contribution in [-0.2, 0) is 13.2 Å². The van der Waals surface area contributed by atoms with Crippen molar-refractivity contribution in [1.29, 1.82) is 0 Å². The smallest absolute Gasteiger partial charge is 0.367 e. The molecule has 0 aromatic carbocycles. The van der Waals surface area contributed by atoms with Crippen LogP contribution in [0.4, 0.5) is 18.9 Å². The van der Waals surface area contributed by atoms with Gasteiger partial charge in [0.1, 0.15) is 5.69 Å². The summed E-state index contributed by atoms with van der Waals surface area (Å²) < 4.78 is 41.4. The van der Waals surface area contributed by atoms with Crippen LogP contribution in [0.25, 0.3) is 0 Å². The van der Waals surface area contributed by atoms with Crippen LogP contribution in [0.3, 0.4) is 0 Å². The highest BCUT2D eigenvalue weighted by atomic mass is 79.9. The largest absolute Gasteiger partial charge is 0.431 e. The molecule has 4 nitrogen and oxygen atoms in total. The monoisotopic (exact) mass is 463 g/mol. The van der Waals surface area contributed by atoms with E-state index in [1.54, 1.807) is 18.7 Å². The third-order valence-electron chi connectivity index (χ3n) is 4.16. The van der Waals surface area contributed by atoms with Crippen molar-refractivity contribution >= 4 is 39.1 Å². The molecule has 0 fully saturated rings. The quantitative estimate of drug-likeness (QED) is 0.590. The van der Waals surface area contributed by atoms with Crippen molar-refractivity contribution in [3.05, 3.63) is 48.8 Å². The molecule has 0 N–H and O–H groups in total. The van der Waals surface area contributed by atoms with Gasteiger partial charge in [-0.1, -0.05) is 22.9 Å². The SMILES string of the molecule is CCSC1=C(C(C)=Nc2cc(C(F)(F)F)n(C)c(=O)c2C)N(C)CC(Br)=C1. The second-order valence-electron chi connectivity index (χ2n) is 6.19. The molecule has 0 saturated heterocycles. The summed E-state index contributed by atoms with van der Waals surface area (Å²) in [5, 5.41) is 0. The van der Waals surface area contributed by atoms with E-state index in [4.69, 9.17) is 0 Å². The van der Waals surface area contributed by atoms with E-state index in [9.17, 15) is 18.0 Å². The van der Waals surface area contributed by atoms with Gasteiger partial charge in [0.05, 0.1) is 17.1 Å². The summed E-state index contributed by atoms with van der Waals surface area (Å²) in [5.41, 5.74) is -0.0777. The van der Waals surface area contributed by atoms with Gasteiger partial charge in [0.15, 0.2) is 0 Å². The average Bonchev–Trinajstić information content (AvgIpc) is 2.53. The Labute approximate surface area is 169 Å². The lowest BCUT2D eigenvalue weighted by Gasteiger charge is -2.28. The number of thioether (sulfide) groups is 1. The van der Waals surface area contributed by atoms with E-state index in [0.29, 0.717) is 16.8 Å². The van der Waals surface area contributed by atoms with Crippen LogP contribution < -0.4 is 5.56 Å². The minimum Gasteiger partial charge on any atom is -0.367 e. The third kappa shape index (κ3) is 4.68. The molecule has 0 aliphatic carbocycles. The van der Waals surface area contributed by atoms with E-state index in [1.807, 2.05) is 24.9 Å². The maximum absolute atomic E-state index is 13.3. The number of hydrogen-bond donors (Lipinski definition) is 0. The molecule has 27 heavy (non-hydrogen) atoms. The summed E-state index contributed by atoms with van der Waals surface area (Å²) >= 11 is 5.13. The molecule has 0 radical (unpaired) electrons. The highest BCUT2D eigenvalue weighted by Gasteiger charge is 2.34. The summed E-state index contributed by atoms with van der Waals surface area (Å²) in [6, 6.07) is 0.933. The van der Waals surface area contributed by atoms with Gasteiger partial charge in [0.2, 0.25) is 0 Å². The van der Waals surface area contributed by atoms with Crippen molar-refractivity contribution in [3.63, 3.8) is 0 Å². The Bertz CT molecular complexity index is 900. The summed E-state index contributed by atoms with van der Waals surface area (Å²) in [7, 11) is 3.02. The molecule has 0 unspecified atom stereocenters. The molecule has 9 heteroatoms. The van der Waals surface area contributed by atoms with Crippen molar-refractivity contribution < 1.29 is 13.2 Å². The third-order valence-corrected chi connectivity index (χ3v) is 5.55. The van der Waals surface area contributed by atoms with E-state index >= 15 is 0 Å². The number of rotatable bonds is 4. The Balaban J connectivity index is 2.66. The van der Waals surface area contributed by atoms with Gasteiger partial charge >= 0.3 is 6.18 Å². The molecule has 0 saturated carbocycles. The van der Waals surface area contributed by atoms with Gasteiger partial charge in [-0.05, 0) is 31.7 Å². The Kier molecular flexibility index (Phi) is 6.68. The second kappa shape index (κ2) is 8.26. The molecular formula is C18H21BrF3N3OS. The van der Waals surface area contributed by atoms with Crippen LogP contribution in [0.15, 0.2) is 37.0 Å². The number of nitrogens with zero attached hydrogens (tertiary/aromatic N) is 3. The van der Waals surface area contributed by atoms with E-state index in [2.05, 4.69) is 20.9 Å². The molecule has 0 amide bonds. The molecule has 2 rings (SSSR count). The number of allylic oxidation sites excluding steroid dienone is 2. The first kappa shape index (κ1) is 21.8. The maximum Gasteiger partial charge on any atom is 0.431 e. The Morgan fingerprint density at radius 1 is 1.37 bits per heavy atom. The van der Waals surface area contributed by atoms with Crippen molar-refractivity contribution in [2.75, 3.05) is 19.3 Å². The highest BCUT2D eigenvalue weighted by molar-refractivity contribution is 9.11. The fourth-order valence-corrected chi connectivity index (χ4v) is 4.63. The minimum atomic E-state index is -4.63. The first-order chi connectivity index (χ1) is 12.5. The zero-order chi connectivity index (χ0) is 20.5. The Morgan fingerprint density at radius 3 is 2.56 bits per heavy atom. The minimum absolute atomic E-state index is 0.0401. The summed E-state index contributed by atoms with van der Waals surface area (Å²) in [5.74, 6) is 0.847. The second-order valence-corrected chi connectivity index (χ2v) is 8.52. The lowest BCUT2D eigenvalue weighted by atomic mass is 10.1. The van der Waals surface area contributed by atoms with Crippen molar-refractivity contribution in [2.45, 2.75) is 26.9 Å². The summed E-state index contributed by atoms with van der Waals surface area (Å²) in [6.45, 7) is 5.91. The van der Waals surface area contributed by atoms with Gasteiger partial charge in [-0.25, -0.2) is 0 Å². The van der Waals surface area contributed by atoms with E-state index in [1.165, 1.54) is 6.92 Å². The molecule has 148 valence electrons. The number of pyridine rings is 1. The van der Waals surface area contributed by atoms with Gasteiger partial charge in [-0.2, -0.15) is 13.2 Å². The zero-order valence-electron chi connectivity index (χ0n) is 15.7. The van der Waals surface area contributed by atoms with E-state index in [-0.39, 0.29) is 11.3 Å². The first-order valence-corrected chi connectivity index (χ1v) is 10.0. The Hall–Kier alpha value is -1.48. The molecule has 1 aliphatic rings. The molecule has 2 heterocycles. The number of likely N-dealkylation sites (N-methyl/N-ethyl adjacent to an activating group) is 1. The van der Waals surface area contributed by atoms with Crippen molar-refractivity contribution in [3.8, 4) is 0 Å². The predicted molar refractivity (Wildman–Crippen MR) is 109 cm³/mol. The highest BCUT2D eigenvalue weighted by Crippen LogP contribution is 2.34. The molecule has 0 atom stereocenters. The first-order valence-electron chi connectivity index (χ1n) is 8.25. The average molecular weight is 464 g/mol. The van der Waals surface area contributed by atoms with Crippen LogP contribution in [0.5, 0.6) is 0 Å². The molecule has 0 bridgehead atoms. The van der Waals surface area contributed by atoms with Crippen molar-refractivity contribution in [1.82, 2.24) is 9.47 Å². The van der Waals surface area contributed by atoms with E-state index in [0.717, 1.165) is 34.0 Å². The van der Waals surface area contributed by atoms with Crippen LogP contribution in [-0.4, -0.2) is 34.5 Å². The zero-order valence-corrected chi connectivity index (χ0v) is 18.1. The molecular weight excluding hydrogens is 443 g/mol. The van der Waals surface area contributed by atoms with Crippen LogP contribution in [0, 0.1) is 6.92 Å². The van der Waals surface area contributed by atoms with Crippen molar-refractivity contribution in [2.24, 2.45) is 12.0 Å². The predicted octanol–water partition coefficient (Wildman–Crippen LogP) is 4.99. The van der Waals surface area contributed by atoms with Gasteiger partial charge in [0.25, 0.3) is 5.56 Å². The Morgan fingerprint density at radius 2 is 2.00 bits per heavy atom. The topological polar surface area (TPSA) is 37.6 Å². The maximum atomic E-state index is 13.3. The standard InChI is InChI=1S/C18H21BrF3N3OS/c1-6-27-14-7-12(19)9-24(4)16(14)11(3)23-13-8-15(18(20,21)22)25(5)17(26)10(13)2/h7-8H,6,9H2,1-5H3. The number of aromatic nitrogens is 1. The molecule has 1 aromatic heterocycles.